The Labute approximate surface area is 271 Å². The number of benzene rings is 3. The number of esters is 1. The van der Waals surface area contributed by atoms with Crippen LogP contribution in [0.25, 0.3) is 10.8 Å². The quantitative estimate of drug-likeness (QED) is 0.0434. The van der Waals surface area contributed by atoms with Crippen LogP contribution in [0.5, 0.6) is 11.5 Å². The van der Waals surface area contributed by atoms with Crippen molar-refractivity contribution in [2.24, 2.45) is 0 Å². The van der Waals surface area contributed by atoms with Crippen LogP contribution in [-0.2, 0) is 0 Å². The molecular weight excluding hydrogens is 563 g/mol. The summed E-state index contributed by atoms with van der Waals surface area (Å²) in [6.07, 6.45) is 22.5. The van der Waals surface area contributed by atoms with Gasteiger partial charge in [-0.05, 0) is 60.0 Å². The first-order chi connectivity index (χ1) is 22.0. The van der Waals surface area contributed by atoms with Crippen molar-refractivity contribution >= 4 is 22.5 Å². The summed E-state index contributed by atoms with van der Waals surface area (Å²) in [6, 6.07) is 15.1. The molecule has 0 fully saturated rings. The molecule has 0 heterocycles. The molecule has 3 aromatic rings. The summed E-state index contributed by atoms with van der Waals surface area (Å²) in [5, 5.41) is 1.78. The average molecular weight is 619 g/mol. The average Bonchev–Trinajstić information content (AvgIpc) is 3.05. The molecule has 0 radical (unpaired) electrons. The number of ether oxygens (including phenoxy) is 2. The van der Waals surface area contributed by atoms with E-state index < -0.39 is 11.8 Å². The zero-order valence-electron chi connectivity index (χ0n) is 27.8. The maximum Gasteiger partial charge on any atom is 0.343 e. The molecule has 45 heavy (non-hydrogen) atoms. The molecule has 4 nitrogen and oxygen atoms in total. The van der Waals surface area contributed by atoms with Crippen molar-refractivity contribution in [3.05, 3.63) is 71.5 Å². The van der Waals surface area contributed by atoms with Gasteiger partial charge in [-0.15, -0.1) is 0 Å². The minimum absolute atomic E-state index is 0.125. The molecule has 0 spiro atoms. The van der Waals surface area contributed by atoms with Gasteiger partial charge in [0.1, 0.15) is 5.75 Å². The highest BCUT2D eigenvalue weighted by atomic mass is 19.1. The second-order valence-corrected chi connectivity index (χ2v) is 12.4. The van der Waals surface area contributed by atoms with Crippen molar-refractivity contribution in [3.8, 4) is 11.5 Å². The minimum atomic E-state index is -0.633. The van der Waals surface area contributed by atoms with Gasteiger partial charge in [-0.1, -0.05) is 135 Å². The Hall–Kier alpha value is -3.21. The lowest BCUT2D eigenvalue weighted by Crippen LogP contribution is -2.09. The minimum Gasteiger partial charge on any atom is -0.491 e. The zero-order chi connectivity index (χ0) is 32.1. The first kappa shape index (κ1) is 36.3. The van der Waals surface area contributed by atoms with Crippen molar-refractivity contribution in [2.75, 3.05) is 6.61 Å². The van der Waals surface area contributed by atoms with Gasteiger partial charge >= 0.3 is 5.97 Å². The Kier molecular flexibility index (Phi) is 17.3. The number of rotatable bonds is 24. The van der Waals surface area contributed by atoms with Crippen LogP contribution in [0.4, 0.5) is 4.39 Å². The molecule has 0 aromatic heterocycles. The molecule has 0 N–H and O–H groups in total. The van der Waals surface area contributed by atoms with Gasteiger partial charge in [-0.2, -0.15) is 0 Å². The number of unbranched alkanes of at least 4 members (excludes halogenated alkanes) is 16. The van der Waals surface area contributed by atoms with E-state index >= 15 is 0 Å². The van der Waals surface area contributed by atoms with Gasteiger partial charge in [0, 0.05) is 12.0 Å². The number of carbonyl (C=O) groups is 2. The van der Waals surface area contributed by atoms with Gasteiger partial charge in [0.2, 0.25) is 0 Å². The lowest BCUT2D eigenvalue weighted by molar-refractivity contribution is 0.0734. The van der Waals surface area contributed by atoms with Gasteiger partial charge in [0.15, 0.2) is 17.3 Å². The Morgan fingerprint density at radius 3 is 1.73 bits per heavy atom. The van der Waals surface area contributed by atoms with Gasteiger partial charge in [0.25, 0.3) is 0 Å². The van der Waals surface area contributed by atoms with Crippen molar-refractivity contribution in [1.82, 2.24) is 0 Å². The Morgan fingerprint density at radius 1 is 0.578 bits per heavy atom. The SMILES string of the molecule is CCCCCCCCCCCCC(=O)c1ccc2cc(OC(=O)c3ccc(OCCCCCCCCCC)c(F)c3)ccc2c1. The molecule has 0 aliphatic carbocycles. The summed E-state index contributed by atoms with van der Waals surface area (Å²) >= 11 is 0. The standard InChI is InChI=1S/C40H55FO4/c1-3-5-7-9-11-13-14-15-17-19-21-38(42)34-23-22-33-30-36(26-24-32(33)29-34)45-40(43)35-25-27-39(37(41)31-35)44-28-20-18-16-12-10-8-6-4-2/h22-27,29-31H,3-21,28H2,1-2H3. The molecule has 0 unspecified atom stereocenters. The molecule has 0 saturated carbocycles. The van der Waals surface area contributed by atoms with Crippen LogP contribution in [0.15, 0.2) is 54.6 Å². The first-order valence-corrected chi connectivity index (χ1v) is 17.7. The van der Waals surface area contributed by atoms with E-state index in [2.05, 4.69) is 13.8 Å². The number of carbonyl (C=O) groups excluding carboxylic acids is 2. The number of hydrogen-bond donors (Lipinski definition) is 0. The van der Waals surface area contributed by atoms with Crippen LogP contribution in [0, 0.1) is 5.82 Å². The van der Waals surface area contributed by atoms with E-state index in [-0.39, 0.29) is 17.1 Å². The van der Waals surface area contributed by atoms with Crippen LogP contribution >= 0.6 is 0 Å². The van der Waals surface area contributed by atoms with Gasteiger partial charge in [0.05, 0.1) is 12.2 Å². The van der Waals surface area contributed by atoms with E-state index in [9.17, 15) is 14.0 Å². The maximum absolute atomic E-state index is 14.6. The fraction of sp³-hybridized carbons (Fsp3) is 0.550. The summed E-state index contributed by atoms with van der Waals surface area (Å²) in [6.45, 7) is 4.92. The molecule has 3 rings (SSSR count). The molecule has 0 bridgehead atoms. The Balaban J connectivity index is 1.39. The van der Waals surface area contributed by atoms with E-state index in [1.165, 1.54) is 108 Å². The smallest absolute Gasteiger partial charge is 0.343 e. The highest BCUT2D eigenvalue weighted by molar-refractivity contribution is 6.00. The van der Waals surface area contributed by atoms with Crippen LogP contribution < -0.4 is 9.47 Å². The third-order valence-corrected chi connectivity index (χ3v) is 8.52. The molecule has 5 heteroatoms. The van der Waals surface area contributed by atoms with Crippen LogP contribution in [-0.4, -0.2) is 18.4 Å². The molecule has 246 valence electrons. The second kappa shape index (κ2) is 21.5. The summed E-state index contributed by atoms with van der Waals surface area (Å²) in [7, 11) is 0. The Morgan fingerprint density at radius 2 is 1.11 bits per heavy atom. The fourth-order valence-corrected chi connectivity index (χ4v) is 5.71. The van der Waals surface area contributed by atoms with Crippen molar-refractivity contribution in [2.45, 2.75) is 136 Å². The number of hydrogen-bond acceptors (Lipinski definition) is 4. The number of fused-ring (bicyclic) bond motifs is 1. The second-order valence-electron chi connectivity index (χ2n) is 12.4. The monoisotopic (exact) mass is 618 g/mol. The van der Waals surface area contributed by atoms with Crippen LogP contribution in [0.3, 0.4) is 0 Å². The maximum atomic E-state index is 14.6. The number of ketones is 1. The molecule has 0 saturated heterocycles. The van der Waals surface area contributed by atoms with Gasteiger partial charge in [-0.25, -0.2) is 9.18 Å². The van der Waals surface area contributed by atoms with E-state index in [0.717, 1.165) is 36.5 Å². The van der Waals surface area contributed by atoms with Crippen molar-refractivity contribution in [1.29, 1.82) is 0 Å². The Bertz CT molecular complexity index is 1300. The highest BCUT2D eigenvalue weighted by Gasteiger charge is 2.14. The highest BCUT2D eigenvalue weighted by Crippen LogP contribution is 2.25. The zero-order valence-corrected chi connectivity index (χ0v) is 27.8. The largest absolute Gasteiger partial charge is 0.491 e. The normalized spacial score (nSPS) is 11.2. The number of Topliss-reactive ketones (excluding diaryl/α,β-unsaturated/α-hetero) is 1. The predicted octanol–water partition coefficient (Wildman–Crippen LogP) is 12.2. The summed E-state index contributed by atoms with van der Waals surface area (Å²) in [4.78, 5) is 25.5. The third kappa shape index (κ3) is 13.8. The summed E-state index contributed by atoms with van der Waals surface area (Å²) < 4.78 is 25.8. The predicted molar refractivity (Wildman–Crippen MR) is 184 cm³/mol. The lowest BCUT2D eigenvalue weighted by atomic mass is 10.00. The summed E-state index contributed by atoms with van der Waals surface area (Å²) in [5.41, 5.74) is 0.836. The van der Waals surface area contributed by atoms with Crippen molar-refractivity contribution in [3.63, 3.8) is 0 Å². The third-order valence-electron chi connectivity index (χ3n) is 8.52. The van der Waals surface area contributed by atoms with Crippen molar-refractivity contribution < 1.29 is 23.5 Å². The van der Waals surface area contributed by atoms with Crippen LogP contribution in [0.1, 0.15) is 157 Å². The molecular formula is C40H55FO4. The topological polar surface area (TPSA) is 52.6 Å². The molecule has 0 aliphatic heterocycles. The van der Waals surface area contributed by atoms with E-state index in [1.807, 2.05) is 24.3 Å². The molecule has 0 aliphatic rings. The van der Waals surface area contributed by atoms with Crippen LogP contribution in [0.2, 0.25) is 0 Å². The van der Waals surface area contributed by atoms with Gasteiger partial charge in [-0.3, -0.25) is 4.79 Å². The molecule has 0 amide bonds. The molecule has 3 aromatic carbocycles. The fourth-order valence-electron chi connectivity index (χ4n) is 5.71. The molecule has 0 atom stereocenters. The van der Waals surface area contributed by atoms with E-state index in [4.69, 9.17) is 9.47 Å². The lowest BCUT2D eigenvalue weighted by Gasteiger charge is -2.10. The summed E-state index contributed by atoms with van der Waals surface area (Å²) in [5.74, 6) is -0.519. The van der Waals surface area contributed by atoms with Gasteiger partial charge < -0.3 is 9.47 Å². The van der Waals surface area contributed by atoms with E-state index in [0.29, 0.717) is 24.3 Å². The number of halogens is 1. The van der Waals surface area contributed by atoms with E-state index in [1.54, 1.807) is 12.1 Å². The first-order valence-electron chi connectivity index (χ1n) is 17.7.